The first-order chi connectivity index (χ1) is 12.7. The minimum absolute atomic E-state index is 0.119. The molecule has 1 heterocycles. The highest BCUT2D eigenvalue weighted by atomic mass is 16.5. The maximum absolute atomic E-state index is 12.9. The molecular weight excluding hydrogens is 338 g/mol. The van der Waals surface area contributed by atoms with Gasteiger partial charge in [0.25, 0.3) is 0 Å². The molecule has 1 aliphatic rings. The molecule has 2 aromatic carbocycles. The van der Waals surface area contributed by atoms with E-state index in [0.717, 1.165) is 12.8 Å². The Morgan fingerprint density at radius 1 is 0.852 bits per heavy atom. The van der Waals surface area contributed by atoms with Crippen molar-refractivity contribution in [3.63, 3.8) is 0 Å². The molecule has 27 heavy (non-hydrogen) atoms. The molecule has 1 fully saturated rings. The van der Waals surface area contributed by atoms with Crippen molar-refractivity contribution in [2.45, 2.75) is 57.7 Å². The number of carbonyl (C=O) groups excluding carboxylic acids is 2. The Kier molecular flexibility index (Phi) is 5.20. The van der Waals surface area contributed by atoms with Crippen molar-refractivity contribution in [3.8, 4) is 0 Å². The van der Waals surface area contributed by atoms with Crippen LogP contribution in [0.15, 0.2) is 54.6 Å². The van der Waals surface area contributed by atoms with Crippen LogP contribution in [0.1, 0.15) is 66.8 Å². The van der Waals surface area contributed by atoms with Crippen LogP contribution in [0.2, 0.25) is 0 Å². The number of nitrogens with one attached hydrogen (secondary N) is 1. The third-order valence-electron chi connectivity index (χ3n) is 4.85. The Labute approximate surface area is 160 Å². The van der Waals surface area contributed by atoms with Crippen molar-refractivity contribution in [1.29, 1.82) is 0 Å². The number of hydrogen-bond donors (Lipinski definition) is 1. The maximum Gasteiger partial charge on any atom is 0.339 e. The molecule has 0 spiro atoms. The van der Waals surface area contributed by atoms with Gasteiger partial charge in [-0.3, -0.25) is 4.79 Å². The maximum atomic E-state index is 12.9. The van der Waals surface area contributed by atoms with E-state index in [0.29, 0.717) is 16.7 Å². The lowest BCUT2D eigenvalue weighted by atomic mass is 9.81. The highest BCUT2D eigenvalue weighted by molar-refractivity contribution is 6.14. The lowest BCUT2D eigenvalue weighted by molar-refractivity contribution is -0.00649. The van der Waals surface area contributed by atoms with Gasteiger partial charge in [0, 0.05) is 35.0 Å². The van der Waals surface area contributed by atoms with Crippen molar-refractivity contribution >= 4 is 11.8 Å². The lowest BCUT2D eigenvalue weighted by Crippen LogP contribution is -2.59. The summed E-state index contributed by atoms with van der Waals surface area (Å²) >= 11 is 0. The summed E-state index contributed by atoms with van der Waals surface area (Å²) in [5, 5.41) is 3.58. The second-order valence-corrected chi connectivity index (χ2v) is 8.57. The van der Waals surface area contributed by atoms with E-state index in [1.807, 2.05) is 18.2 Å². The first-order valence-electron chi connectivity index (χ1n) is 9.36. The van der Waals surface area contributed by atoms with Crippen molar-refractivity contribution in [1.82, 2.24) is 5.32 Å². The average Bonchev–Trinajstić information content (AvgIpc) is 2.59. The largest absolute Gasteiger partial charge is 0.459 e. The number of hydrogen-bond acceptors (Lipinski definition) is 4. The van der Waals surface area contributed by atoms with Crippen LogP contribution in [0.25, 0.3) is 0 Å². The van der Waals surface area contributed by atoms with E-state index < -0.39 is 5.97 Å². The summed E-state index contributed by atoms with van der Waals surface area (Å²) in [6.07, 6.45) is 1.28. The summed E-state index contributed by atoms with van der Waals surface area (Å²) in [6, 6.07) is 15.9. The zero-order valence-electron chi connectivity index (χ0n) is 16.4. The smallest absolute Gasteiger partial charge is 0.339 e. The van der Waals surface area contributed by atoms with E-state index in [1.54, 1.807) is 36.4 Å². The van der Waals surface area contributed by atoms with Crippen molar-refractivity contribution in [2.75, 3.05) is 0 Å². The van der Waals surface area contributed by atoms with Gasteiger partial charge >= 0.3 is 5.97 Å². The van der Waals surface area contributed by atoms with Crippen LogP contribution in [0.5, 0.6) is 0 Å². The summed E-state index contributed by atoms with van der Waals surface area (Å²) in [5.74, 6) is -0.609. The van der Waals surface area contributed by atoms with Gasteiger partial charge in [0.2, 0.25) is 0 Å². The fourth-order valence-corrected chi connectivity index (χ4v) is 4.13. The summed E-state index contributed by atoms with van der Waals surface area (Å²) in [5.41, 5.74) is 1.02. The Morgan fingerprint density at radius 3 is 1.96 bits per heavy atom. The van der Waals surface area contributed by atoms with Gasteiger partial charge in [-0.05, 0) is 33.8 Å². The monoisotopic (exact) mass is 365 g/mol. The molecule has 0 aromatic heterocycles. The molecule has 0 aliphatic carbocycles. The highest BCUT2D eigenvalue weighted by Crippen LogP contribution is 2.31. The van der Waals surface area contributed by atoms with Gasteiger partial charge in [-0.1, -0.05) is 48.5 Å². The third kappa shape index (κ3) is 4.64. The van der Waals surface area contributed by atoms with Crippen LogP contribution in [-0.2, 0) is 4.74 Å². The van der Waals surface area contributed by atoms with Crippen LogP contribution < -0.4 is 5.32 Å². The summed E-state index contributed by atoms with van der Waals surface area (Å²) < 4.78 is 5.84. The number of rotatable bonds is 4. The minimum atomic E-state index is -0.437. The van der Waals surface area contributed by atoms with Gasteiger partial charge in [0.15, 0.2) is 5.78 Å². The van der Waals surface area contributed by atoms with Crippen LogP contribution in [-0.4, -0.2) is 28.9 Å². The summed E-state index contributed by atoms with van der Waals surface area (Å²) in [7, 11) is 0. The van der Waals surface area contributed by atoms with Gasteiger partial charge < -0.3 is 10.1 Å². The van der Waals surface area contributed by atoms with Crippen LogP contribution >= 0.6 is 0 Å². The molecule has 0 amide bonds. The average molecular weight is 365 g/mol. The van der Waals surface area contributed by atoms with Crippen LogP contribution in [0, 0.1) is 0 Å². The van der Waals surface area contributed by atoms with E-state index in [1.165, 1.54) is 0 Å². The molecule has 0 radical (unpaired) electrons. The van der Waals surface area contributed by atoms with Crippen LogP contribution in [0.3, 0.4) is 0 Å². The molecule has 0 bridgehead atoms. The fourth-order valence-electron chi connectivity index (χ4n) is 4.13. The number of carbonyl (C=O) groups is 2. The standard InChI is InChI=1S/C23H27NO3/c1-22(2)14-17(15-23(3,4)24-22)27-21(26)19-13-9-8-12-18(19)20(25)16-10-6-5-7-11-16/h5-13,17,24H,14-15H2,1-4H3. The molecule has 4 nitrogen and oxygen atoms in total. The highest BCUT2D eigenvalue weighted by Gasteiger charge is 2.39. The third-order valence-corrected chi connectivity index (χ3v) is 4.85. The second-order valence-electron chi connectivity index (χ2n) is 8.57. The number of esters is 1. The minimum Gasteiger partial charge on any atom is -0.459 e. The molecule has 0 unspecified atom stereocenters. The van der Waals surface area contributed by atoms with E-state index in [4.69, 9.17) is 4.74 Å². The Hall–Kier alpha value is -2.46. The van der Waals surface area contributed by atoms with E-state index in [2.05, 4.69) is 33.0 Å². The molecule has 2 aromatic rings. The predicted molar refractivity (Wildman–Crippen MR) is 106 cm³/mol. The topological polar surface area (TPSA) is 55.4 Å². The zero-order valence-corrected chi connectivity index (χ0v) is 16.4. The SMILES string of the molecule is CC1(C)CC(OC(=O)c2ccccc2C(=O)c2ccccc2)CC(C)(C)N1. The number of piperidine rings is 1. The first-order valence-corrected chi connectivity index (χ1v) is 9.36. The van der Waals surface area contributed by atoms with Crippen LogP contribution in [0.4, 0.5) is 0 Å². The molecule has 1 aliphatic heterocycles. The van der Waals surface area contributed by atoms with E-state index in [9.17, 15) is 9.59 Å². The van der Waals surface area contributed by atoms with Gasteiger partial charge in [-0.15, -0.1) is 0 Å². The Balaban J connectivity index is 1.83. The Morgan fingerprint density at radius 2 is 1.37 bits per heavy atom. The fraction of sp³-hybridized carbons (Fsp3) is 0.391. The molecule has 0 atom stereocenters. The molecule has 1 N–H and O–H groups in total. The zero-order chi connectivity index (χ0) is 19.7. The number of ketones is 1. The summed E-state index contributed by atoms with van der Waals surface area (Å²) in [4.78, 5) is 25.7. The summed E-state index contributed by atoms with van der Waals surface area (Å²) in [6.45, 7) is 8.45. The molecule has 1 saturated heterocycles. The quantitative estimate of drug-likeness (QED) is 0.645. The van der Waals surface area contributed by atoms with Gasteiger partial charge in [0.1, 0.15) is 6.10 Å². The molecule has 3 rings (SSSR count). The van der Waals surface area contributed by atoms with Gasteiger partial charge in [-0.25, -0.2) is 4.79 Å². The van der Waals surface area contributed by atoms with E-state index in [-0.39, 0.29) is 23.0 Å². The Bertz CT molecular complexity index is 824. The molecule has 0 saturated carbocycles. The first kappa shape index (κ1) is 19.3. The number of ether oxygens (including phenoxy) is 1. The molecule has 142 valence electrons. The normalized spacial score (nSPS) is 18.7. The van der Waals surface area contributed by atoms with Crippen molar-refractivity contribution in [2.24, 2.45) is 0 Å². The van der Waals surface area contributed by atoms with Gasteiger partial charge in [0.05, 0.1) is 5.56 Å². The van der Waals surface area contributed by atoms with Crippen molar-refractivity contribution < 1.29 is 14.3 Å². The van der Waals surface area contributed by atoms with E-state index >= 15 is 0 Å². The predicted octanol–water partition coefficient (Wildman–Crippen LogP) is 4.38. The second kappa shape index (κ2) is 7.28. The lowest BCUT2D eigenvalue weighted by Gasteiger charge is -2.45. The molecule has 4 heteroatoms. The molecular formula is C23H27NO3. The number of benzene rings is 2. The van der Waals surface area contributed by atoms with Gasteiger partial charge in [-0.2, -0.15) is 0 Å². The van der Waals surface area contributed by atoms with Crippen molar-refractivity contribution in [3.05, 3.63) is 71.3 Å².